The van der Waals surface area contributed by atoms with Crippen LogP contribution in [-0.2, 0) is 17.6 Å². The number of amides is 3. The quantitative estimate of drug-likeness (QED) is 0.333. The molecule has 0 spiro atoms. The minimum atomic E-state index is -0.934. The molecule has 2 atom stereocenters. The van der Waals surface area contributed by atoms with Gasteiger partial charge in [-0.3, -0.25) is 19.6 Å². The number of anilines is 1. The monoisotopic (exact) mass is 504 g/mol. The third-order valence-corrected chi connectivity index (χ3v) is 7.36. The molecule has 198 valence electrons. The number of rotatable bonds is 12. The molecule has 3 amide bonds. The molecule has 2 aliphatic heterocycles. The van der Waals surface area contributed by atoms with E-state index >= 15 is 0 Å². The van der Waals surface area contributed by atoms with E-state index in [4.69, 9.17) is 10.7 Å². The number of para-hydroxylation sites is 1. The van der Waals surface area contributed by atoms with Crippen molar-refractivity contribution >= 4 is 23.5 Å². The van der Waals surface area contributed by atoms with Gasteiger partial charge in [0.2, 0.25) is 0 Å². The summed E-state index contributed by atoms with van der Waals surface area (Å²) in [5, 5.41) is 1.94. The summed E-state index contributed by atoms with van der Waals surface area (Å²) >= 11 is 0. The van der Waals surface area contributed by atoms with Crippen molar-refractivity contribution in [2.75, 3.05) is 25.4 Å². The Balaban J connectivity index is 1.64. The molecular weight excluding hydrogens is 464 g/mol. The van der Waals surface area contributed by atoms with Crippen molar-refractivity contribution in [1.29, 1.82) is 0 Å². The first kappa shape index (κ1) is 26.7. The normalized spacial score (nSPS) is 21.4. The number of hydrogen-bond donors (Lipinski definition) is 2. The molecule has 0 aromatic heterocycles. The number of carbonyl (C=O) groups excluding carboxylic acids is 2. The predicted molar refractivity (Wildman–Crippen MR) is 148 cm³/mol. The Labute approximate surface area is 220 Å². The third-order valence-electron chi connectivity index (χ3n) is 7.36. The van der Waals surface area contributed by atoms with E-state index in [2.05, 4.69) is 23.6 Å². The molecule has 37 heavy (non-hydrogen) atoms. The first-order valence-electron chi connectivity index (χ1n) is 13.6. The Kier molecular flexibility index (Phi) is 8.48. The zero-order chi connectivity index (χ0) is 26.4. The molecule has 4 rings (SSSR count). The summed E-state index contributed by atoms with van der Waals surface area (Å²) < 4.78 is 0. The number of nitrogen functional groups attached to an aromatic ring is 1. The zero-order valence-corrected chi connectivity index (χ0v) is 22.3. The first-order valence-corrected chi connectivity index (χ1v) is 13.6. The van der Waals surface area contributed by atoms with Gasteiger partial charge in [-0.05, 0) is 49.3 Å². The molecular formula is C29H40N6O2. The van der Waals surface area contributed by atoms with Gasteiger partial charge in [-0.15, -0.1) is 0 Å². The number of imide groups is 1. The minimum Gasteiger partial charge on any atom is -0.399 e. The largest absolute Gasteiger partial charge is 0.399 e. The van der Waals surface area contributed by atoms with Crippen molar-refractivity contribution in [2.45, 2.75) is 71.0 Å². The molecule has 0 radical (unpaired) electrons. The van der Waals surface area contributed by atoms with E-state index in [9.17, 15) is 9.59 Å². The summed E-state index contributed by atoms with van der Waals surface area (Å²) in [6.07, 6.45) is 4.39. The molecule has 0 saturated carbocycles. The molecule has 8 heteroatoms. The molecule has 2 aromatic rings. The lowest BCUT2D eigenvalue weighted by molar-refractivity contribution is -0.144. The van der Waals surface area contributed by atoms with Crippen LogP contribution in [0.4, 0.5) is 10.5 Å². The number of urea groups is 1. The molecule has 2 aliphatic rings. The highest BCUT2D eigenvalue weighted by Gasteiger charge is 2.61. The Morgan fingerprint density at radius 1 is 0.973 bits per heavy atom. The van der Waals surface area contributed by atoms with Gasteiger partial charge in [-0.1, -0.05) is 69.3 Å². The van der Waals surface area contributed by atoms with Gasteiger partial charge < -0.3 is 5.73 Å². The summed E-state index contributed by atoms with van der Waals surface area (Å²) in [7, 11) is 0. The number of aryl methyl sites for hydroxylation is 1. The fourth-order valence-corrected chi connectivity index (χ4v) is 5.55. The van der Waals surface area contributed by atoms with E-state index in [0.29, 0.717) is 38.9 Å². The van der Waals surface area contributed by atoms with Gasteiger partial charge >= 0.3 is 6.03 Å². The van der Waals surface area contributed by atoms with E-state index in [1.165, 1.54) is 4.90 Å². The predicted octanol–water partition coefficient (Wildman–Crippen LogP) is 4.22. The topological polar surface area (TPSA) is 94.3 Å². The van der Waals surface area contributed by atoms with Crippen molar-refractivity contribution < 1.29 is 9.59 Å². The second kappa shape index (κ2) is 11.8. The Hall–Kier alpha value is -3.39. The number of unbranched alkanes of at least 4 members (excludes halogenated alkanes) is 1. The van der Waals surface area contributed by atoms with Crippen LogP contribution >= 0.6 is 0 Å². The highest BCUT2D eigenvalue weighted by molar-refractivity contribution is 6.05. The molecule has 0 aliphatic carbocycles. The van der Waals surface area contributed by atoms with Crippen LogP contribution in [0.5, 0.6) is 0 Å². The van der Waals surface area contributed by atoms with Gasteiger partial charge in [0.05, 0.1) is 0 Å². The molecule has 1 fully saturated rings. The lowest BCUT2D eigenvalue weighted by Crippen LogP contribution is -2.73. The van der Waals surface area contributed by atoms with Crippen LogP contribution in [0.15, 0.2) is 59.6 Å². The summed E-state index contributed by atoms with van der Waals surface area (Å²) in [6.45, 7) is 7.62. The average molecular weight is 505 g/mol. The van der Waals surface area contributed by atoms with Crippen LogP contribution < -0.4 is 11.2 Å². The second-order valence-corrected chi connectivity index (χ2v) is 9.79. The van der Waals surface area contributed by atoms with Gasteiger partial charge in [0, 0.05) is 31.7 Å². The molecule has 0 bridgehead atoms. The van der Waals surface area contributed by atoms with Crippen LogP contribution in [0.25, 0.3) is 0 Å². The standard InChI is InChI=1S/C29H40N6O2/c1-4-19-33-27(36)26-29(5-2,32-25(35(26)31-6-3)21-22-14-8-7-9-15-22)34(28(33)37)20-13-12-17-23-16-10-11-18-24(23)30/h7-11,14-16,18,26,31H,4-6,12-13,17,19-21,30H2,1-3H3. The van der Waals surface area contributed by atoms with Gasteiger partial charge in [0.25, 0.3) is 5.91 Å². The second-order valence-electron chi connectivity index (χ2n) is 9.79. The molecule has 1 saturated heterocycles. The minimum absolute atomic E-state index is 0.172. The van der Waals surface area contributed by atoms with Crippen molar-refractivity contribution in [3.63, 3.8) is 0 Å². The summed E-state index contributed by atoms with van der Waals surface area (Å²) in [4.78, 5) is 36.1. The van der Waals surface area contributed by atoms with Crippen LogP contribution in [0.3, 0.4) is 0 Å². The number of nitrogens with two attached hydrogens (primary N) is 1. The smallest absolute Gasteiger partial charge is 0.328 e. The third kappa shape index (κ3) is 5.21. The Morgan fingerprint density at radius 2 is 1.70 bits per heavy atom. The summed E-state index contributed by atoms with van der Waals surface area (Å²) in [5.74, 6) is 0.622. The van der Waals surface area contributed by atoms with E-state index in [0.717, 1.165) is 41.9 Å². The number of hydrogen-bond acceptors (Lipinski definition) is 6. The lowest BCUT2D eigenvalue weighted by atomic mass is 9.91. The summed E-state index contributed by atoms with van der Waals surface area (Å²) in [6, 6.07) is 17.2. The van der Waals surface area contributed by atoms with Crippen molar-refractivity contribution in [3.8, 4) is 0 Å². The van der Waals surface area contributed by atoms with Crippen LogP contribution in [0.2, 0.25) is 0 Å². The maximum atomic E-state index is 13.9. The number of hydrazine groups is 1. The average Bonchev–Trinajstić information content (AvgIpc) is 3.21. The first-order chi connectivity index (χ1) is 18.0. The highest BCUT2D eigenvalue weighted by atomic mass is 16.2. The highest BCUT2D eigenvalue weighted by Crippen LogP contribution is 2.40. The molecule has 2 aromatic carbocycles. The fourth-order valence-electron chi connectivity index (χ4n) is 5.55. The lowest BCUT2D eigenvalue weighted by Gasteiger charge is -2.50. The SMILES string of the molecule is CCCN1C(=O)C2N(NCC)C(Cc3ccccc3)=NC2(CC)N(CCCCc2ccccc2N)C1=O. The van der Waals surface area contributed by atoms with Gasteiger partial charge in [0.15, 0.2) is 11.7 Å². The van der Waals surface area contributed by atoms with E-state index in [-0.39, 0.29) is 11.9 Å². The van der Waals surface area contributed by atoms with Crippen LogP contribution in [0, 0.1) is 0 Å². The number of benzene rings is 2. The van der Waals surface area contributed by atoms with Crippen molar-refractivity contribution in [1.82, 2.24) is 20.2 Å². The van der Waals surface area contributed by atoms with Gasteiger partial charge in [-0.25, -0.2) is 15.2 Å². The van der Waals surface area contributed by atoms with E-state index < -0.39 is 11.7 Å². The molecule has 2 unspecified atom stereocenters. The molecule has 8 nitrogen and oxygen atoms in total. The maximum absolute atomic E-state index is 13.9. The van der Waals surface area contributed by atoms with Gasteiger partial charge in [-0.2, -0.15) is 0 Å². The number of fused-ring (bicyclic) bond motifs is 1. The molecule has 2 heterocycles. The zero-order valence-electron chi connectivity index (χ0n) is 22.3. The summed E-state index contributed by atoms with van der Waals surface area (Å²) in [5.41, 5.74) is 11.6. The fraction of sp³-hybridized carbons (Fsp3) is 0.483. The van der Waals surface area contributed by atoms with Crippen LogP contribution in [-0.4, -0.2) is 63.9 Å². The van der Waals surface area contributed by atoms with E-state index in [1.54, 1.807) is 0 Å². The number of nitrogens with zero attached hydrogens (tertiary/aromatic N) is 4. The number of nitrogens with one attached hydrogen (secondary N) is 1. The van der Waals surface area contributed by atoms with Gasteiger partial charge in [0.1, 0.15) is 5.84 Å². The number of aliphatic imine (C=N–C) groups is 1. The molecule has 3 N–H and O–H groups in total. The van der Waals surface area contributed by atoms with Crippen LogP contribution in [0.1, 0.15) is 57.6 Å². The Bertz CT molecular complexity index is 1120. The Morgan fingerprint density at radius 3 is 2.38 bits per heavy atom. The van der Waals surface area contributed by atoms with E-state index in [1.807, 2.05) is 67.1 Å². The number of carbonyl (C=O) groups is 2. The number of amidine groups is 1. The van der Waals surface area contributed by atoms with Crippen molar-refractivity contribution in [3.05, 3.63) is 65.7 Å². The van der Waals surface area contributed by atoms with Crippen molar-refractivity contribution in [2.24, 2.45) is 4.99 Å². The maximum Gasteiger partial charge on any atom is 0.328 e.